The van der Waals surface area contributed by atoms with Crippen LogP contribution in [0.2, 0.25) is 0 Å². The van der Waals surface area contributed by atoms with Crippen molar-refractivity contribution in [1.29, 1.82) is 0 Å². The van der Waals surface area contributed by atoms with Crippen LogP contribution in [0.15, 0.2) is 71.9 Å². The molecule has 1 aromatic carbocycles. The van der Waals surface area contributed by atoms with E-state index in [0.717, 1.165) is 66.0 Å². The van der Waals surface area contributed by atoms with E-state index in [4.69, 9.17) is 4.74 Å². The molecule has 1 fully saturated rings. The van der Waals surface area contributed by atoms with Crippen LogP contribution in [0.5, 0.6) is 0 Å². The number of rotatable bonds is 9. The number of fused-ring (bicyclic) bond motifs is 1. The first kappa shape index (κ1) is 27.5. The maximum absolute atomic E-state index is 13.5. The second-order valence-corrected chi connectivity index (χ2v) is 10.7. The Morgan fingerprint density at radius 3 is 2.75 bits per heavy atom. The average Bonchev–Trinajstić information content (AvgIpc) is 2.96. The fourth-order valence-electron chi connectivity index (χ4n) is 5.63. The molecule has 0 saturated carbocycles. The van der Waals surface area contributed by atoms with Crippen LogP contribution in [0, 0.1) is 6.92 Å². The molecular formula is C32H37N5O3. The van der Waals surface area contributed by atoms with Gasteiger partial charge in [-0.25, -0.2) is 0 Å². The molecule has 3 aromatic heterocycles. The molecule has 0 spiro atoms. The summed E-state index contributed by atoms with van der Waals surface area (Å²) in [5, 5.41) is 0.757. The number of aromatic nitrogens is 3. The smallest absolute Gasteiger partial charge is 0.302 e. The minimum atomic E-state index is -0.274. The summed E-state index contributed by atoms with van der Waals surface area (Å²) in [5.41, 5.74) is 6.03. The van der Waals surface area contributed by atoms with E-state index in [-0.39, 0.29) is 17.4 Å². The highest BCUT2D eigenvalue weighted by atomic mass is 16.5. The van der Waals surface area contributed by atoms with Crippen molar-refractivity contribution in [2.75, 3.05) is 24.6 Å². The molecule has 8 nitrogen and oxygen atoms in total. The number of pyridine rings is 3. The third-order valence-corrected chi connectivity index (χ3v) is 7.64. The molecule has 0 amide bonds. The topological polar surface area (TPSA) is 80.6 Å². The Kier molecular flexibility index (Phi) is 8.55. The van der Waals surface area contributed by atoms with E-state index < -0.39 is 0 Å². The fraction of sp³-hybridized carbons (Fsp3) is 0.375. The number of nitrogens with zero attached hydrogens (tertiary/aromatic N) is 5. The van der Waals surface area contributed by atoms with E-state index in [0.29, 0.717) is 19.6 Å². The molecule has 0 bridgehead atoms. The predicted octanol–water partition coefficient (Wildman–Crippen LogP) is 4.41. The number of esters is 1. The molecule has 4 aromatic rings. The van der Waals surface area contributed by atoms with Crippen LogP contribution in [-0.4, -0.2) is 51.1 Å². The summed E-state index contributed by atoms with van der Waals surface area (Å²) in [4.78, 5) is 38.4. The van der Waals surface area contributed by atoms with E-state index >= 15 is 0 Å². The summed E-state index contributed by atoms with van der Waals surface area (Å²) in [5.74, 6) is -0.274. The molecule has 0 radical (unpaired) electrons. The predicted molar refractivity (Wildman–Crippen MR) is 157 cm³/mol. The third kappa shape index (κ3) is 6.57. The zero-order chi connectivity index (χ0) is 28.1. The minimum absolute atomic E-state index is 0.103. The SMILES string of the molecule is CC(=O)OCCc1ccc(N2CCC[C@H](N(Cc3ccnc(C)c3)Cc3cn(C)c4ccccc4c3=O)C2)cn1. The number of para-hydroxylation sites is 1. The van der Waals surface area contributed by atoms with Crippen molar-refractivity contribution in [3.63, 3.8) is 0 Å². The van der Waals surface area contributed by atoms with Crippen molar-refractivity contribution < 1.29 is 9.53 Å². The number of anilines is 1. The van der Waals surface area contributed by atoms with Crippen LogP contribution in [0.4, 0.5) is 5.69 Å². The summed E-state index contributed by atoms with van der Waals surface area (Å²) < 4.78 is 7.11. The van der Waals surface area contributed by atoms with Gasteiger partial charge in [0.1, 0.15) is 0 Å². The van der Waals surface area contributed by atoms with Gasteiger partial charge >= 0.3 is 5.97 Å². The van der Waals surface area contributed by atoms with E-state index in [9.17, 15) is 9.59 Å². The number of ether oxygens (including phenoxy) is 1. The van der Waals surface area contributed by atoms with Gasteiger partial charge in [-0.3, -0.25) is 24.5 Å². The second kappa shape index (κ2) is 12.4. The first-order valence-corrected chi connectivity index (χ1v) is 13.9. The molecule has 1 atom stereocenters. The zero-order valence-electron chi connectivity index (χ0n) is 23.5. The first-order valence-electron chi connectivity index (χ1n) is 13.9. The quantitative estimate of drug-likeness (QED) is 0.292. The zero-order valence-corrected chi connectivity index (χ0v) is 23.5. The van der Waals surface area contributed by atoms with Crippen molar-refractivity contribution in [3.05, 3.63) is 99.9 Å². The average molecular weight is 540 g/mol. The highest BCUT2D eigenvalue weighted by Gasteiger charge is 2.27. The molecular weight excluding hydrogens is 502 g/mol. The molecule has 0 aliphatic carbocycles. The maximum atomic E-state index is 13.5. The lowest BCUT2D eigenvalue weighted by Crippen LogP contribution is -2.48. The number of hydrogen-bond donors (Lipinski definition) is 0. The van der Waals surface area contributed by atoms with Crippen molar-refractivity contribution in [2.45, 2.75) is 52.2 Å². The van der Waals surface area contributed by atoms with E-state index in [1.807, 2.05) is 62.9 Å². The number of benzene rings is 1. The summed E-state index contributed by atoms with van der Waals surface area (Å²) in [6.07, 6.45) is 8.49. The van der Waals surface area contributed by atoms with Crippen LogP contribution in [0.1, 0.15) is 42.3 Å². The number of carbonyl (C=O) groups is 1. The summed E-state index contributed by atoms with van der Waals surface area (Å²) >= 11 is 0. The van der Waals surface area contributed by atoms with Crippen LogP contribution >= 0.6 is 0 Å². The lowest BCUT2D eigenvalue weighted by molar-refractivity contribution is -0.140. The van der Waals surface area contributed by atoms with Gasteiger partial charge in [-0.2, -0.15) is 0 Å². The molecule has 1 aliphatic heterocycles. The molecule has 40 heavy (non-hydrogen) atoms. The van der Waals surface area contributed by atoms with Gasteiger partial charge in [-0.1, -0.05) is 12.1 Å². The number of aryl methyl sites for hydroxylation is 2. The third-order valence-electron chi connectivity index (χ3n) is 7.64. The highest BCUT2D eigenvalue weighted by Crippen LogP contribution is 2.25. The molecule has 0 unspecified atom stereocenters. The highest BCUT2D eigenvalue weighted by molar-refractivity contribution is 5.79. The fourth-order valence-corrected chi connectivity index (χ4v) is 5.63. The van der Waals surface area contributed by atoms with Gasteiger partial charge in [0.25, 0.3) is 0 Å². The molecule has 4 heterocycles. The molecule has 208 valence electrons. The van der Waals surface area contributed by atoms with E-state index in [2.05, 4.69) is 42.5 Å². The Bertz CT molecular complexity index is 1530. The summed E-state index contributed by atoms with van der Waals surface area (Å²) in [6.45, 7) is 6.90. The van der Waals surface area contributed by atoms with Gasteiger partial charge in [0, 0.05) is 87.3 Å². The Labute approximate surface area is 235 Å². The largest absolute Gasteiger partial charge is 0.465 e. The Morgan fingerprint density at radius 1 is 1.12 bits per heavy atom. The number of piperidine rings is 1. The van der Waals surface area contributed by atoms with Crippen LogP contribution in [0.25, 0.3) is 10.9 Å². The van der Waals surface area contributed by atoms with E-state index in [1.165, 1.54) is 12.5 Å². The Morgan fingerprint density at radius 2 is 1.98 bits per heavy atom. The Balaban J connectivity index is 1.38. The first-order chi connectivity index (χ1) is 19.4. The molecule has 1 aliphatic rings. The van der Waals surface area contributed by atoms with Gasteiger partial charge in [0.05, 0.1) is 24.0 Å². The van der Waals surface area contributed by atoms with Crippen molar-refractivity contribution in [3.8, 4) is 0 Å². The van der Waals surface area contributed by atoms with Gasteiger partial charge in [0.2, 0.25) is 0 Å². The standard InChI is InChI=1S/C32H37N5O3/c1-23-17-25(12-14-33-23)19-37(21-26-20-35(3)31-9-5-4-8-30(31)32(26)39)29-7-6-15-36(22-29)28-11-10-27(34-18-28)13-16-40-24(2)38/h4-5,8-12,14,17-18,20,29H,6-7,13,15-16,19,21-22H2,1-3H3/t29-/m0/s1. The number of hydrogen-bond acceptors (Lipinski definition) is 7. The lowest BCUT2D eigenvalue weighted by atomic mass is 10.0. The van der Waals surface area contributed by atoms with Crippen LogP contribution < -0.4 is 10.3 Å². The monoisotopic (exact) mass is 539 g/mol. The van der Waals surface area contributed by atoms with Crippen molar-refractivity contribution in [1.82, 2.24) is 19.4 Å². The van der Waals surface area contributed by atoms with Crippen molar-refractivity contribution >= 4 is 22.6 Å². The van der Waals surface area contributed by atoms with Gasteiger partial charge < -0.3 is 14.2 Å². The van der Waals surface area contributed by atoms with Crippen molar-refractivity contribution in [2.24, 2.45) is 7.05 Å². The van der Waals surface area contributed by atoms with E-state index in [1.54, 1.807) is 0 Å². The maximum Gasteiger partial charge on any atom is 0.302 e. The molecule has 1 saturated heterocycles. The number of carbonyl (C=O) groups excluding carboxylic acids is 1. The van der Waals surface area contributed by atoms with Gasteiger partial charge in [-0.05, 0) is 61.7 Å². The minimum Gasteiger partial charge on any atom is -0.465 e. The Hall–Kier alpha value is -4.04. The van der Waals surface area contributed by atoms with Crippen LogP contribution in [0.3, 0.4) is 0 Å². The van der Waals surface area contributed by atoms with Crippen LogP contribution in [-0.2, 0) is 36.1 Å². The molecule has 5 rings (SSSR count). The van der Waals surface area contributed by atoms with Gasteiger partial charge in [-0.15, -0.1) is 0 Å². The van der Waals surface area contributed by atoms with Gasteiger partial charge in [0.15, 0.2) is 5.43 Å². The lowest BCUT2D eigenvalue weighted by Gasteiger charge is -2.40. The summed E-state index contributed by atoms with van der Waals surface area (Å²) in [7, 11) is 2.01. The normalized spacial score (nSPS) is 15.5. The molecule has 8 heteroatoms. The molecule has 0 N–H and O–H groups in total. The second-order valence-electron chi connectivity index (χ2n) is 10.7. The summed E-state index contributed by atoms with van der Waals surface area (Å²) in [6, 6.07) is 16.4.